The average Bonchev–Trinajstić information content (AvgIpc) is 3.40. The fraction of sp³-hybridized carbons (Fsp3) is 0.944. The number of ether oxygens (including phenoxy) is 3. The minimum atomic E-state index is -0.255. The van der Waals surface area contributed by atoms with Crippen LogP contribution < -0.4 is 0 Å². The Bertz CT molecular complexity index is 397. The predicted octanol–water partition coefficient (Wildman–Crippen LogP) is 3.86. The van der Waals surface area contributed by atoms with Crippen molar-refractivity contribution in [2.45, 2.75) is 96.1 Å². The van der Waals surface area contributed by atoms with E-state index in [1.54, 1.807) is 0 Å². The highest BCUT2D eigenvalue weighted by Gasteiger charge is 2.74. The second kappa shape index (κ2) is 6.88. The van der Waals surface area contributed by atoms with Crippen LogP contribution in [0.5, 0.6) is 0 Å². The Hall–Kier alpha value is -0.610. The summed E-state index contributed by atoms with van der Waals surface area (Å²) in [7, 11) is 1.43. The van der Waals surface area contributed by atoms with E-state index >= 15 is 0 Å². The van der Waals surface area contributed by atoms with E-state index in [4.69, 9.17) is 14.2 Å². The Morgan fingerprint density at radius 2 is 1.95 bits per heavy atom. The first kappa shape index (κ1) is 17.7. The summed E-state index contributed by atoms with van der Waals surface area (Å²) in [5.41, 5.74) is -0.289. The molecular weight excluding hydrogens is 280 g/mol. The lowest BCUT2D eigenvalue weighted by Crippen LogP contribution is -2.31. The number of carbonyl (C=O) groups excluding carboxylic acids is 1. The van der Waals surface area contributed by atoms with Crippen LogP contribution in [0.1, 0.15) is 72.6 Å². The van der Waals surface area contributed by atoms with Gasteiger partial charge in [-0.3, -0.25) is 4.79 Å². The predicted molar refractivity (Wildman–Crippen MR) is 85.7 cm³/mol. The molecule has 0 spiro atoms. The summed E-state index contributed by atoms with van der Waals surface area (Å²) >= 11 is 0. The number of unbranched alkanes of at least 4 members (excludes halogenated alkanes) is 1. The van der Waals surface area contributed by atoms with Gasteiger partial charge in [-0.1, -0.05) is 47.0 Å². The van der Waals surface area contributed by atoms with Gasteiger partial charge in [0.15, 0.2) is 0 Å². The third kappa shape index (κ3) is 3.33. The van der Waals surface area contributed by atoms with Gasteiger partial charge < -0.3 is 14.2 Å². The Morgan fingerprint density at radius 3 is 2.50 bits per heavy atom. The van der Waals surface area contributed by atoms with Gasteiger partial charge in [0.05, 0.1) is 19.1 Å². The molecule has 0 aliphatic carbocycles. The summed E-state index contributed by atoms with van der Waals surface area (Å²) in [6, 6.07) is 0. The zero-order valence-electron chi connectivity index (χ0n) is 14.8. The first-order valence-corrected chi connectivity index (χ1v) is 8.90. The van der Waals surface area contributed by atoms with Crippen molar-refractivity contribution in [3.05, 3.63) is 0 Å². The lowest BCUT2D eigenvalue weighted by molar-refractivity contribution is -0.140. The molecule has 4 nitrogen and oxygen atoms in total. The Labute approximate surface area is 134 Å². The largest absolute Gasteiger partial charge is 0.469 e. The topological polar surface area (TPSA) is 51.4 Å². The number of epoxide rings is 2. The number of esters is 1. The normalized spacial score (nSPS) is 37.7. The van der Waals surface area contributed by atoms with E-state index in [1.807, 2.05) is 0 Å². The quantitative estimate of drug-likeness (QED) is 0.454. The molecule has 2 aliphatic heterocycles. The van der Waals surface area contributed by atoms with Crippen molar-refractivity contribution in [1.82, 2.24) is 0 Å². The Morgan fingerprint density at radius 1 is 1.23 bits per heavy atom. The van der Waals surface area contributed by atoms with Gasteiger partial charge in [-0.15, -0.1) is 0 Å². The molecule has 128 valence electrons. The van der Waals surface area contributed by atoms with Gasteiger partial charge in [-0.25, -0.2) is 0 Å². The molecule has 0 aromatic heterocycles. The van der Waals surface area contributed by atoms with E-state index in [0.29, 0.717) is 12.3 Å². The van der Waals surface area contributed by atoms with Crippen LogP contribution in [0.2, 0.25) is 0 Å². The van der Waals surface area contributed by atoms with Crippen LogP contribution in [-0.2, 0) is 19.0 Å². The summed E-state index contributed by atoms with van der Waals surface area (Å²) in [4.78, 5) is 11.5. The minimum absolute atomic E-state index is 0.0330. The summed E-state index contributed by atoms with van der Waals surface area (Å²) in [5.74, 6) is 0.482. The molecule has 0 radical (unpaired) electrons. The third-order valence-corrected chi connectivity index (χ3v) is 5.54. The van der Waals surface area contributed by atoms with Crippen molar-refractivity contribution >= 4 is 5.97 Å². The molecule has 0 amide bonds. The molecular formula is C18H32O4. The smallest absolute Gasteiger partial charge is 0.308 e. The summed E-state index contributed by atoms with van der Waals surface area (Å²) in [6.45, 7) is 8.89. The van der Waals surface area contributed by atoms with Crippen molar-refractivity contribution in [1.29, 1.82) is 0 Å². The monoisotopic (exact) mass is 312 g/mol. The summed E-state index contributed by atoms with van der Waals surface area (Å²) in [5, 5.41) is 0. The fourth-order valence-electron chi connectivity index (χ4n) is 3.97. The van der Waals surface area contributed by atoms with E-state index in [-0.39, 0.29) is 29.4 Å². The van der Waals surface area contributed by atoms with E-state index in [0.717, 1.165) is 19.3 Å². The second-order valence-corrected chi connectivity index (χ2v) is 7.06. The molecule has 2 heterocycles. The molecule has 0 bridgehead atoms. The molecule has 2 rings (SSSR count). The zero-order valence-corrected chi connectivity index (χ0v) is 14.8. The second-order valence-electron chi connectivity index (χ2n) is 7.06. The van der Waals surface area contributed by atoms with Crippen molar-refractivity contribution in [3.63, 3.8) is 0 Å². The zero-order chi connectivity index (χ0) is 16.4. The van der Waals surface area contributed by atoms with Crippen molar-refractivity contribution in [3.8, 4) is 0 Å². The first-order valence-electron chi connectivity index (χ1n) is 8.90. The highest BCUT2D eigenvalue weighted by Crippen LogP contribution is 2.60. The molecule has 2 fully saturated rings. The molecule has 0 aromatic rings. The number of carbonyl (C=O) groups is 1. The third-order valence-electron chi connectivity index (χ3n) is 5.54. The van der Waals surface area contributed by atoms with Crippen LogP contribution in [-0.4, -0.2) is 36.5 Å². The molecule has 0 aromatic carbocycles. The van der Waals surface area contributed by atoms with E-state index in [1.165, 1.54) is 26.4 Å². The highest BCUT2D eigenvalue weighted by molar-refractivity contribution is 5.70. The van der Waals surface area contributed by atoms with E-state index < -0.39 is 0 Å². The van der Waals surface area contributed by atoms with Crippen molar-refractivity contribution in [2.75, 3.05) is 7.11 Å². The van der Waals surface area contributed by atoms with Crippen LogP contribution in [0.4, 0.5) is 0 Å². The van der Waals surface area contributed by atoms with E-state index in [2.05, 4.69) is 27.7 Å². The molecule has 4 heteroatoms. The Kier molecular flexibility index (Phi) is 5.54. The lowest BCUT2D eigenvalue weighted by Gasteiger charge is -2.18. The van der Waals surface area contributed by atoms with Gasteiger partial charge in [0.25, 0.3) is 0 Å². The first-order chi connectivity index (χ1) is 10.5. The number of methoxy groups -OCH3 is 1. The number of hydrogen-bond donors (Lipinski definition) is 0. The molecule has 0 saturated carbocycles. The maximum atomic E-state index is 11.5. The Balaban J connectivity index is 1.94. The number of hydrogen-bond acceptors (Lipinski definition) is 4. The fourth-order valence-corrected chi connectivity index (χ4v) is 3.97. The molecule has 0 unspecified atom stereocenters. The molecule has 2 saturated heterocycles. The van der Waals surface area contributed by atoms with Crippen LogP contribution >= 0.6 is 0 Å². The molecule has 2 aliphatic rings. The van der Waals surface area contributed by atoms with Crippen LogP contribution in [0, 0.1) is 5.92 Å². The highest BCUT2D eigenvalue weighted by atomic mass is 16.7. The van der Waals surface area contributed by atoms with Gasteiger partial charge in [0, 0.05) is 0 Å². The van der Waals surface area contributed by atoms with Crippen molar-refractivity contribution in [2.24, 2.45) is 5.92 Å². The van der Waals surface area contributed by atoms with Gasteiger partial charge in [0.1, 0.15) is 17.8 Å². The SMILES string of the molecule is CCCC[C@H](C)C[C@@]1(CC)O[C@@H]1[C@@]1(CC)O[C@H]1CC(=O)OC. The summed E-state index contributed by atoms with van der Waals surface area (Å²) < 4.78 is 16.9. The van der Waals surface area contributed by atoms with E-state index in [9.17, 15) is 4.79 Å². The minimum Gasteiger partial charge on any atom is -0.469 e. The maximum absolute atomic E-state index is 11.5. The lowest BCUT2D eigenvalue weighted by atomic mass is 9.81. The van der Waals surface area contributed by atoms with Gasteiger partial charge in [0.2, 0.25) is 0 Å². The standard InChI is InChI=1S/C18H32O4/c1-6-9-10-13(4)12-17(7-2)16(22-17)18(8-3)14(21-18)11-15(19)20-5/h13-14,16H,6-12H2,1-5H3/t13-,14-,16-,17+,18-/m0/s1. The van der Waals surface area contributed by atoms with Crippen molar-refractivity contribution < 1.29 is 19.0 Å². The van der Waals surface area contributed by atoms with Crippen LogP contribution in [0.15, 0.2) is 0 Å². The maximum Gasteiger partial charge on any atom is 0.308 e. The molecule has 5 atom stereocenters. The summed E-state index contributed by atoms with van der Waals surface area (Å²) in [6.07, 6.45) is 7.26. The average molecular weight is 312 g/mol. The van der Waals surface area contributed by atoms with Gasteiger partial charge in [-0.05, 0) is 25.2 Å². The molecule has 0 N–H and O–H groups in total. The van der Waals surface area contributed by atoms with Crippen LogP contribution in [0.25, 0.3) is 0 Å². The number of rotatable bonds is 10. The van der Waals surface area contributed by atoms with Gasteiger partial charge >= 0.3 is 5.97 Å². The molecule has 22 heavy (non-hydrogen) atoms. The van der Waals surface area contributed by atoms with Gasteiger partial charge in [-0.2, -0.15) is 0 Å². The van der Waals surface area contributed by atoms with Crippen LogP contribution in [0.3, 0.4) is 0 Å².